The zero-order valence-electron chi connectivity index (χ0n) is 14.2. The molecule has 0 spiro atoms. The number of nitrogens with one attached hydrogen (secondary N) is 1. The molecule has 0 aliphatic heterocycles. The molecule has 8 heteroatoms. The van der Waals surface area contributed by atoms with E-state index in [4.69, 9.17) is 0 Å². The van der Waals surface area contributed by atoms with Crippen molar-refractivity contribution in [2.75, 3.05) is 4.72 Å². The van der Waals surface area contributed by atoms with Gasteiger partial charge in [0.25, 0.3) is 10.0 Å². The molecule has 2 aromatic carbocycles. The Balaban J connectivity index is 1.83. The number of aryl methyl sites for hydroxylation is 2. The van der Waals surface area contributed by atoms with E-state index >= 15 is 0 Å². The highest BCUT2D eigenvalue weighted by Crippen LogP contribution is 2.20. The molecule has 0 aliphatic rings. The molecule has 0 bridgehead atoms. The predicted octanol–water partition coefficient (Wildman–Crippen LogP) is 3.63. The molecule has 5 nitrogen and oxygen atoms in total. The third-order valence-corrected chi connectivity index (χ3v) is 5.20. The van der Waals surface area contributed by atoms with Crippen LogP contribution in [0.3, 0.4) is 0 Å². The summed E-state index contributed by atoms with van der Waals surface area (Å²) in [7, 11) is -4.03. The zero-order valence-corrected chi connectivity index (χ0v) is 15.0. The van der Waals surface area contributed by atoms with Crippen molar-refractivity contribution in [3.8, 4) is 0 Å². The van der Waals surface area contributed by atoms with Gasteiger partial charge in [-0.3, -0.25) is 9.40 Å². The van der Waals surface area contributed by atoms with Crippen LogP contribution in [0.2, 0.25) is 0 Å². The van der Waals surface area contributed by atoms with Crippen molar-refractivity contribution in [3.05, 3.63) is 77.1 Å². The smallest absolute Gasteiger partial charge is 0.261 e. The Morgan fingerprint density at radius 2 is 1.81 bits per heavy atom. The average molecular weight is 377 g/mol. The van der Waals surface area contributed by atoms with Gasteiger partial charge in [0.1, 0.15) is 0 Å². The van der Waals surface area contributed by atoms with Crippen molar-refractivity contribution in [3.63, 3.8) is 0 Å². The van der Waals surface area contributed by atoms with Gasteiger partial charge < -0.3 is 0 Å². The molecule has 3 rings (SSSR count). The van der Waals surface area contributed by atoms with Gasteiger partial charge in [-0.15, -0.1) is 0 Å². The third-order valence-electron chi connectivity index (χ3n) is 3.82. The number of hydrogen-bond acceptors (Lipinski definition) is 3. The molecule has 136 valence electrons. The zero-order chi connectivity index (χ0) is 18.9. The molecule has 0 fully saturated rings. The van der Waals surface area contributed by atoms with Crippen LogP contribution in [0.15, 0.2) is 53.4 Å². The van der Waals surface area contributed by atoms with Crippen LogP contribution >= 0.6 is 0 Å². The van der Waals surface area contributed by atoms with Crippen molar-refractivity contribution >= 4 is 15.7 Å². The number of hydrogen-bond donors (Lipinski definition) is 1. The number of halogens is 2. The molecule has 0 unspecified atom stereocenters. The molecule has 0 radical (unpaired) electrons. The molecule has 0 amide bonds. The van der Waals surface area contributed by atoms with E-state index in [0.29, 0.717) is 18.3 Å². The summed E-state index contributed by atoms with van der Waals surface area (Å²) < 4.78 is 55.3. The molecule has 0 aliphatic carbocycles. The average Bonchev–Trinajstić information content (AvgIpc) is 2.87. The number of nitrogens with zero attached hydrogens (tertiary/aromatic N) is 2. The largest absolute Gasteiger partial charge is 0.280 e. The van der Waals surface area contributed by atoms with E-state index in [1.807, 2.05) is 30.7 Å². The van der Waals surface area contributed by atoms with Gasteiger partial charge in [0.05, 0.1) is 17.1 Å². The summed E-state index contributed by atoms with van der Waals surface area (Å²) in [6, 6.07) is 11.2. The Bertz CT molecular complexity index is 1060. The van der Waals surface area contributed by atoms with E-state index < -0.39 is 21.7 Å². The van der Waals surface area contributed by atoms with E-state index in [-0.39, 0.29) is 4.90 Å². The summed E-state index contributed by atoms with van der Waals surface area (Å²) in [6.45, 7) is 4.33. The molecule has 1 N–H and O–H groups in total. The lowest BCUT2D eigenvalue weighted by atomic mass is 10.2. The summed E-state index contributed by atoms with van der Waals surface area (Å²) in [6.07, 6.45) is 0. The van der Waals surface area contributed by atoms with E-state index in [9.17, 15) is 17.2 Å². The van der Waals surface area contributed by atoms with Crippen LogP contribution in [-0.4, -0.2) is 18.2 Å². The third kappa shape index (κ3) is 3.91. The Hall–Kier alpha value is -2.74. The van der Waals surface area contributed by atoms with Crippen LogP contribution in [0, 0.1) is 25.5 Å². The standard InChI is InChI=1S/C18H17F2N3O2S/c1-12-8-13(2)23(21-12)11-14-4-3-5-15(9-14)22-26(24,25)16-6-7-17(19)18(20)10-16/h3-10,22H,11H2,1-2H3. The molecule has 3 aromatic rings. The summed E-state index contributed by atoms with van der Waals surface area (Å²) in [5.74, 6) is -2.32. The van der Waals surface area contributed by atoms with Gasteiger partial charge in [0.15, 0.2) is 11.6 Å². The van der Waals surface area contributed by atoms with E-state index in [1.165, 1.54) is 0 Å². The van der Waals surface area contributed by atoms with Gasteiger partial charge in [-0.2, -0.15) is 5.10 Å². The lowest BCUT2D eigenvalue weighted by Crippen LogP contribution is -2.14. The Morgan fingerprint density at radius 3 is 2.46 bits per heavy atom. The van der Waals surface area contributed by atoms with Crippen molar-refractivity contribution in [1.29, 1.82) is 0 Å². The summed E-state index contributed by atoms with van der Waals surface area (Å²) >= 11 is 0. The second-order valence-corrected chi connectivity index (χ2v) is 7.65. The number of rotatable bonds is 5. The van der Waals surface area contributed by atoms with Gasteiger partial charge in [-0.05, 0) is 55.8 Å². The quantitative estimate of drug-likeness (QED) is 0.739. The molecular formula is C18H17F2N3O2S. The first-order valence-electron chi connectivity index (χ1n) is 7.82. The van der Waals surface area contributed by atoms with Crippen LogP contribution in [0.1, 0.15) is 17.0 Å². The molecule has 1 aromatic heterocycles. The van der Waals surface area contributed by atoms with Crippen molar-refractivity contribution in [1.82, 2.24) is 9.78 Å². The molecule has 0 saturated carbocycles. The van der Waals surface area contributed by atoms with Crippen LogP contribution in [0.4, 0.5) is 14.5 Å². The summed E-state index contributed by atoms with van der Waals surface area (Å²) in [5.41, 5.74) is 3.07. The number of sulfonamides is 1. The fourth-order valence-corrected chi connectivity index (χ4v) is 3.66. The number of benzene rings is 2. The van der Waals surface area contributed by atoms with Crippen LogP contribution in [0.25, 0.3) is 0 Å². The first kappa shape index (κ1) is 18.1. The topological polar surface area (TPSA) is 64.0 Å². The minimum Gasteiger partial charge on any atom is -0.280 e. The molecule has 1 heterocycles. The summed E-state index contributed by atoms with van der Waals surface area (Å²) in [5, 5.41) is 4.38. The molecule has 0 saturated heterocycles. The van der Waals surface area contributed by atoms with Crippen molar-refractivity contribution in [2.24, 2.45) is 0 Å². The molecular weight excluding hydrogens is 360 g/mol. The van der Waals surface area contributed by atoms with Gasteiger partial charge in [0, 0.05) is 11.4 Å². The predicted molar refractivity (Wildman–Crippen MR) is 94.4 cm³/mol. The van der Waals surface area contributed by atoms with E-state index in [2.05, 4.69) is 9.82 Å². The normalized spacial score (nSPS) is 11.5. The van der Waals surface area contributed by atoms with Crippen molar-refractivity contribution in [2.45, 2.75) is 25.3 Å². The lowest BCUT2D eigenvalue weighted by molar-refractivity contribution is 0.504. The molecule has 26 heavy (non-hydrogen) atoms. The maximum absolute atomic E-state index is 13.3. The second-order valence-electron chi connectivity index (χ2n) is 5.97. The fraction of sp³-hybridized carbons (Fsp3) is 0.167. The van der Waals surface area contributed by atoms with Gasteiger partial charge in [0.2, 0.25) is 0 Å². The van der Waals surface area contributed by atoms with Crippen LogP contribution < -0.4 is 4.72 Å². The van der Waals surface area contributed by atoms with E-state index in [0.717, 1.165) is 29.1 Å². The lowest BCUT2D eigenvalue weighted by Gasteiger charge is -2.10. The van der Waals surface area contributed by atoms with Gasteiger partial charge in [-0.1, -0.05) is 12.1 Å². The summed E-state index contributed by atoms with van der Waals surface area (Å²) in [4.78, 5) is -0.347. The monoisotopic (exact) mass is 377 g/mol. The van der Waals surface area contributed by atoms with E-state index in [1.54, 1.807) is 18.2 Å². The van der Waals surface area contributed by atoms with Crippen molar-refractivity contribution < 1.29 is 17.2 Å². The highest BCUT2D eigenvalue weighted by Gasteiger charge is 2.17. The Labute approximate surface area is 150 Å². The fourth-order valence-electron chi connectivity index (χ4n) is 2.60. The first-order chi connectivity index (χ1) is 12.2. The number of anilines is 1. The minimum atomic E-state index is -4.03. The SMILES string of the molecule is Cc1cc(C)n(Cc2cccc(NS(=O)(=O)c3ccc(F)c(F)c3)c2)n1. The van der Waals surface area contributed by atoms with Gasteiger partial charge >= 0.3 is 0 Å². The Kier molecular flexibility index (Phi) is 4.78. The minimum absolute atomic E-state index is 0.328. The maximum atomic E-state index is 13.3. The highest BCUT2D eigenvalue weighted by molar-refractivity contribution is 7.92. The van der Waals surface area contributed by atoms with Gasteiger partial charge in [-0.25, -0.2) is 17.2 Å². The maximum Gasteiger partial charge on any atom is 0.261 e. The Morgan fingerprint density at radius 1 is 1.04 bits per heavy atom. The molecule has 0 atom stereocenters. The first-order valence-corrected chi connectivity index (χ1v) is 9.31. The van der Waals surface area contributed by atoms with Crippen LogP contribution in [-0.2, 0) is 16.6 Å². The second kappa shape index (κ2) is 6.87. The van der Waals surface area contributed by atoms with Crippen LogP contribution in [0.5, 0.6) is 0 Å². The highest BCUT2D eigenvalue weighted by atomic mass is 32.2. The number of aromatic nitrogens is 2.